The third kappa shape index (κ3) is 4.00. The molecule has 0 amide bonds. The molecular formula is C21H26N4O3S. The van der Waals surface area contributed by atoms with Crippen LogP contribution in [-0.4, -0.2) is 29.5 Å². The summed E-state index contributed by atoms with van der Waals surface area (Å²) >= 11 is -1.42. The van der Waals surface area contributed by atoms with Gasteiger partial charge in [-0.25, -0.2) is 9.97 Å². The van der Waals surface area contributed by atoms with Crippen LogP contribution in [0.5, 0.6) is 0 Å². The Morgan fingerprint density at radius 3 is 2.41 bits per heavy atom. The van der Waals surface area contributed by atoms with Crippen molar-refractivity contribution in [2.24, 2.45) is 11.4 Å². The smallest absolute Gasteiger partial charge is 0.261 e. The molecule has 0 spiro atoms. The predicted octanol–water partition coefficient (Wildman–Crippen LogP) is 3.78. The van der Waals surface area contributed by atoms with Crippen molar-refractivity contribution in [2.75, 3.05) is 0 Å². The summed E-state index contributed by atoms with van der Waals surface area (Å²) in [6.45, 7) is 12.9. The fraction of sp³-hybridized carbons (Fsp3) is 0.429. The number of fused-ring (bicyclic) bond motifs is 1. The molecule has 0 N–H and O–H groups in total. The van der Waals surface area contributed by atoms with Gasteiger partial charge in [0.15, 0.2) is 11.7 Å². The highest BCUT2D eigenvalue weighted by molar-refractivity contribution is 7.91. The zero-order valence-corrected chi connectivity index (χ0v) is 18.9. The molecule has 0 bridgehead atoms. The molecule has 3 aromatic rings. The highest BCUT2D eigenvalue weighted by Gasteiger charge is 2.27. The van der Waals surface area contributed by atoms with Crippen molar-refractivity contribution in [1.29, 1.82) is 0 Å². The van der Waals surface area contributed by atoms with E-state index >= 15 is 0 Å². The van der Waals surface area contributed by atoms with Crippen LogP contribution in [0.25, 0.3) is 22.4 Å². The Balaban J connectivity index is 2.34. The standard InChI is InChI=1S/C21H26N4O3S/c1-11-9-15(12(2)24-29(27)21(5,6)7)18-16(10-11)20(26)25(8)19(23-18)17-13(3)28-14(4)22-17/h9-10H,1-8H3/t29-/m1/s1. The van der Waals surface area contributed by atoms with Gasteiger partial charge in [0.05, 0.1) is 16.6 Å². The molecule has 0 aliphatic rings. The minimum absolute atomic E-state index is 0.181. The number of nitrogens with zero attached hydrogens (tertiary/aromatic N) is 4. The molecule has 0 saturated heterocycles. The summed E-state index contributed by atoms with van der Waals surface area (Å²) < 4.78 is 23.5. The SMILES string of the molecule is CC(=N[S@+]([O-])C(C)(C)C)c1cc(C)cc2c(=O)n(C)c(-c3nc(C)oc3C)nc12. The van der Waals surface area contributed by atoms with Crippen molar-refractivity contribution >= 4 is 28.0 Å². The van der Waals surface area contributed by atoms with Crippen molar-refractivity contribution in [3.63, 3.8) is 0 Å². The van der Waals surface area contributed by atoms with Crippen molar-refractivity contribution < 1.29 is 8.97 Å². The molecule has 7 nitrogen and oxygen atoms in total. The number of aryl methyl sites for hydroxylation is 3. The second-order valence-corrected chi connectivity index (χ2v) is 10.1. The lowest BCUT2D eigenvalue weighted by molar-refractivity contribution is 0.494. The molecule has 0 saturated carbocycles. The molecule has 29 heavy (non-hydrogen) atoms. The van der Waals surface area contributed by atoms with E-state index in [2.05, 4.69) is 9.38 Å². The van der Waals surface area contributed by atoms with Gasteiger partial charge in [-0.15, -0.1) is 0 Å². The van der Waals surface area contributed by atoms with E-state index in [4.69, 9.17) is 9.40 Å². The Kier molecular flexibility index (Phi) is 5.44. The van der Waals surface area contributed by atoms with Crippen LogP contribution in [0.15, 0.2) is 25.7 Å². The molecule has 8 heteroatoms. The van der Waals surface area contributed by atoms with Gasteiger partial charge in [0, 0.05) is 19.5 Å². The van der Waals surface area contributed by atoms with E-state index in [0.29, 0.717) is 45.3 Å². The van der Waals surface area contributed by atoms with E-state index in [9.17, 15) is 9.35 Å². The fourth-order valence-corrected chi connectivity index (χ4v) is 3.68. The number of hydrogen-bond acceptors (Lipinski definition) is 6. The summed E-state index contributed by atoms with van der Waals surface area (Å²) in [5.74, 6) is 1.53. The molecule has 0 unspecified atom stereocenters. The lowest BCUT2D eigenvalue weighted by atomic mass is 10.0. The van der Waals surface area contributed by atoms with E-state index < -0.39 is 16.1 Å². The van der Waals surface area contributed by atoms with Gasteiger partial charge in [0.25, 0.3) is 5.56 Å². The van der Waals surface area contributed by atoms with Gasteiger partial charge >= 0.3 is 0 Å². The summed E-state index contributed by atoms with van der Waals surface area (Å²) in [5, 5.41) is 0.486. The first-order valence-electron chi connectivity index (χ1n) is 9.33. The maximum absolute atomic E-state index is 13.1. The largest absolute Gasteiger partial charge is 0.591 e. The molecule has 154 valence electrons. The summed E-state index contributed by atoms with van der Waals surface area (Å²) in [7, 11) is 1.67. The Morgan fingerprint density at radius 1 is 1.21 bits per heavy atom. The van der Waals surface area contributed by atoms with E-state index in [1.54, 1.807) is 27.8 Å². The highest BCUT2D eigenvalue weighted by Crippen LogP contribution is 2.26. The molecule has 0 fully saturated rings. The molecule has 0 aliphatic heterocycles. The van der Waals surface area contributed by atoms with Crippen LogP contribution in [0.2, 0.25) is 0 Å². The Morgan fingerprint density at radius 2 is 1.86 bits per heavy atom. The van der Waals surface area contributed by atoms with Crippen LogP contribution in [0.4, 0.5) is 0 Å². The molecule has 1 aromatic carbocycles. The molecule has 0 radical (unpaired) electrons. The zero-order chi connectivity index (χ0) is 21.7. The van der Waals surface area contributed by atoms with Gasteiger partial charge in [0.1, 0.15) is 27.6 Å². The molecular weight excluding hydrogens is 388 g/mol. The van der Waals surface area contributed by atoms with Crippen LogP contribution in [0.3, 0.4) is 0 Å². The third-order valence-corrected chi connectivity index (χ3v) is 6.06. The predicted molar refractivity (Wildman–Crippen MR) is 117 cm³/mol. The van der Waals surface area contributed by atoms with Gasteiger partial charge in [-0.2, -0.15) is 0 Å². The quantitative estimate of drug-likeness (QED) is 0.480. The van der Waals surface area contributed by atoms with E-state index in [-0.39, 0.29) is 5.56 Å². The first-order chi connectivity index (χ1) is 13.4. The summed E-state index contributed by atoms with van der Waals surface area (Å²) in [6, 6.07) is 3.73. The van der Waals surface area contributed by atoms with Crippen LogP contribution in [-0.2, 0) is 18.4 Å². The van der Waals surface area contributed by atoms with E-state index in [1.165, 1.54) is 4.57 Å². The lowest BCUT2D eigenvalue weighted by Crippen LogP contribution is -2.27. The van der Waals surface area contributed by atoms with Gasteiger partial charge in [0.2, 0.25) is 0 Å². The number of hydrogen-bond donors (Lipinski definition) is 0. The van der Waals surface area contributed by atoms with Crippen LogP contribution in [0.1, 0.15) is 50.5 Å². The monoisotopic (exact) mass is 414 g/mol. The first-order valence-corrected chi connectivity index (χ1v) is 10.4. The van der Waals surface area contributed by atoms with Gasteiger partial charge in [-0.05, 0) is 59.2 Å². The first kappa shape index (κ1) is 21.3. The third-order valence-electron chi connectivity index (χ3n) is 4.57. The Bertz CT molecular complexity index is 1190. The number of rotatable bonds is 3. The Labute approximate surface area is 173 Å². The van der Waals surface area contributed by atoms with Crippen LogP contribution in [0, 0.1) is 20.8 Å². The lowest BCUT2D eigenvalue weighted by Gasteiger charge is -2.19. The minimum Gasteiger partial charge on any atom is -0.591 e. The normalized spacial score (nSPS) is 13.9. The minimum atomic E-state index is -1.42. The van der Waals surface area contributed by atoms with E-state index in [1.807, 2.05) is 39.8 Å². The number of oxazole rings is 1. The van der Waals surface area contributed by atoms with Gasteiger partial charge in [-0.3, -0.25) is 9.36 Å². The van der Waals surface area contributed by atoms with Crippen LogP contribution < -0.4 is 5.56 Å². The molecule has 3 rings (SSSR count). The van der Waals surface area contributed by atoms with E-state index in [0.717, 1.165) is 5.56 Å². The fourth-order valence-electron chi connectivity index (χ4n) is 3.05. The second kappa shape index (κ2) is 7.42. The molecule has 0 aliphatic carbocycles. The maximum atomic E-state index is 13.1. The average Bonchev–Trinajstić information content (AvgIpc) is 2.95. The number of aromatic nitrogens is 3. The van der Waals surface area contributed by atoms with Crippen LogP contribution >= 0.6 is 0 Å². The van der Waals surface area contributed by atoms with Gasteiger partial charge in [-0.1, -0.05) is 4.40 Å². The van der Waals surface area contributed by atoms with Crippen molar-refractivity contribution in [2.45, 2.75) is 53.2 Å². The topological polar surface area (TPSA) is 96.3 Å². The molecule has 1 atom stereocenters. The average molecular weight is 415 g/mol. The van der Waals surface area contributed by atoms with Crippen molar-refractivity contribution in [3.8, 4) is 11.5 Å². The molecule has 2 heterocycles. The van der Waals surface area contributed by atoms with Gasteiger partial charge < -0.3 is 8.97 Å². The highest BCUT2D eigenvalue weighted by atomic mass is 32.2. The maximum Gasteiger partial charge on any atom is 0.261 e. The second-order valence-electron chi connectivity index (χ2n) is 8.18. The van der Waals surface area contributed by atoms with Crippen molar-refractivity contribution in [3.05, 3.63) is 45.3 Å². The summed E-state index contributed by atoms with van der Waals surface area (Å²) in [6.07, 6.45) is 0. The van der Waals surface area contributed by atoms with Crippen molar-refractivity contribution in [1.82, 2.24) is 14.5 Å². The molecule has 2 aromatic heterocycles. The summed E-state index contributed by atoms with van der Waals surface area (Å²) in [4.78, 5) is 22.3. The Hall–Kier alpha value is -2.45. The number of benzene rings is 1. The summed E-state index contributed by atoms with van der Waals surface area (Å²) in [5.41, 5.74) is 3.04. The zero-order valence-electron chi connectivity index (χ0n) is 18.1.